The van der Waals surface area contributed by atoms with Gasteiger partial charge in [-0.05, 0) is 66.6 Å². The van der Waals surface area contributed by atoms with Gasteiger partial charge in [0.1, 0.15) is 4.88 Å². The molecule has 4 aromatic rings. The lowest BCUT2D eigenvalue weighted by molar-refractivity contribution is 0.0954. The van der Waals surface area contributed by atoms with Crippen molar-refractivity contribution in [3.63, 3.8) is 0 Å². The van der Waals surface area contributed by atoms with Crippen LogP contribution in [0.3, 0.4) is 0 Å². The molecule has 0 saturated heterocycles. The average molecular weight is 492 g/mol. The Morgan fingerprint density at radius 2 is 1.79 bits per heavy atom. The van der Waals surface area contributed by atoms with E-state index in [2.05, 4.69) is 15.8 Å². The fourth-order valence-corrected chi connectivity index (χ4v) is 4.95. The molecule has 2 N–H and O–H groups in total. The Bertz CT molecular complexity index is 1450. The Morgan fingerprint density at radius 3 is 2.62 bits per heavy atom. The summed E-state index contributed by atoms with van der Waals surface area (Å²) in [5, 5.41) is 8.11. The van der Waals surface area contributed by atoms with Crippen molar-refractivity contribution in [1.29, 1.82) is 0 Å². The number of nitrogens with one attached hydrogen (secondary N) is 2. The zero-order valence-electron chi connectivity index (χ0n) is 17.9. The molecule has 0 saturated carbocycles. The van der Waals surface area contributed by atoms with E-state index in [1.165, 1.54) is 17.6 Å². The second-order valence-corrected chi connectivity index (χ2v) is 9.02. The van der Waals surface area contributed by atoms with Crippen LogP contribution in [0.2, 0.25) is 5.02 Å². The largest absolute Gasteiger partial charge is 0.454 e. The number of carbonyl (C=O) groups excluding carboxylic acids is 2. The van der Waals surface area contributed by atoms with Gasteiger partial charge in [0.15, 0.2) is 11.5 Å². The van der Waals surface area contributed by atoms with Crippen LogP contribution < -0.4 is 20.2 Å². The van der Waals surface area contributed by atoms with Gasteiger partial charge in [-0.15, -0.1) is 11.3 Å². The van der Waals surface area contributed by atoms with Gasteiger partial charge in [-0.2, -0.15) is 5.10 Å². The SMILES string of the molecule is Cc1ccc2c(Cl)c(C(=O)Nc3ccc(C(=O)N/N=C\c4ccc5c(c4)OCO5)cc3)sc2c1. The molecule has 0 spiro atoms. The van der Waals surface area contributed by atoms with Gasteiger partial charge in [-0.1, -0.05) is 23.7 Å². The summed E-state index contributed by atoms with van der Waals surface area (Å²) in [5.74, 6) is 0.644. The predicted molar refractivity (Wildman–Crippen MR) is 134 cm³/mol. The van der Waals surface area contributed by atoms with E-state index in [-0.39, 0.29) is 18.6 Å². The maximum atomic E-state index is 12.8. The predicted octanol–water partition coefficient (Wildman–Crippen LogP) is 5.61. The molecule has 3 aromatic carbocycles. The van der Waals surface area contributed by atoms with Crippen molar-refractivity contribution < 1.29 is 19.1 Å². The third kappa shape index (κ3) is 4.46. The Morgan fingerprint density at radius 1 is 1.00 bits per heavy atom. The summed E-state index contributed by atoms with van der Waals surface area (Å²) in [6.07, 6.45) is 1.52. The van der Waals surface area contributed by atoms with Crippen LogP contribution in [0.1, 0.15) is 31.2 Å². The number of rotatable bonds is 5. The number of anilines is 1. The van der Waals surface area contributed by atoms with Gasteiger partial charge in [0.2, 0.25) is 6.79 Å². The minimum Gasteiger partial charge on any atom is -0.454 e. The number of fused-ring (bicyclic) bond motifs is 2. The molecule has 34 heavy (non-hydrogen) atoms. The van der Waals surface area contributed by atoms with Gasteiger partial charge < -0.3 is 14.8 Å². The van der Waals surface area contributed by atoms with Crippen LogP contribution in [-0.2, 0) is 0 Å². The van der Waals surface area contributed by atoms with Crippen LogP contribution in [0.15, 0.2) is 65.8 Å². The summed E-state index contributed by atoms with van der Waals surface area (Å²) in [7, 11) is 0. The van der Waals surface area contributed by atoms with E-state index < -0.39 is 0 Å². The number of benzene rings is 3. The molecule has 1 aliphatic rings. The van der Waals surface area contributed by atoms with Gasteiger partial charge in [0.25, 0.3) is 11.8 Å². The van der Waals surface area contributed by atoms with E-state index in [1.54, 1.807) is 36.4 Å². The molecule has 1 aromatic heterocycles. The van der Waals surface area contributed by atoms with Crippen LogP contribution in [0.25, 0.3) is 10.1 Å². The number of amides is 2. The zero-order chi connectivity index (χ0) is 23.7. The molecular weight excluding hydrogens is 474 g/mol. The summed E-state index contributed by atoms with van der Waals surface area (Å²) in [6, 6.07) is 17.8. The molecule has 0 bridgehead atoms. The minimum absolute atomic E-state index is 0.194. The lowest BCUT2D eigenvalue weighted by Crippen LogP contribution is -2.17. The standard InChI is InChI=1S/C25H18ClN3O4S/c1-14-2-8-18-21(10-14)34-23(22(18)26)25(31)28-17-6-4-16(5-7-17)24(30)29-27-12-15-3-9-19-20(11-15)33-13-32-19/h2-12H,13H2,1H3,(H,28,31)(H,29,30)/b27-12-. The molecule has 0 aliphatic carbocycles. The summed E-state index contributed by atoms with van der Waals surface area (Å²) >= 11 is 7.78. The van der Waals surface area contributed by atoms with Gasteiger partial charge in [-0.3, -0.25) is 9.59 Å². The monoisotopic (exact) mass is 491 g/mol. The third-order valence-corrected chi connectivity index (χ3v) is 6.83. The van der Waals surface area contributed by atoms with E-state index in [9.17, 15) is 9.59 Å². The molecule has 7 nitrogen and oxygen atoms in total. The minimum atomic E-state index is -0.377. The molecule has 2 amide bonds. The average Bonchev–Trinajstić information content (AvgIpc) is 3.43. The van der Waals surface area contributed by atoms with Gasteiger partial charge >= 0.3 is 0 Å². The molecule has 9 heteroatoms. The number of carbonyl (C=O) groups is 2. The molecule has 170 valence electrons. The first kappa shape index (κ1) is 21.9. The second-order valence-electron chi connectivity index (χ2n) is 7.59. The van der Waals surface area contributed by atoms with Crippen LogP contribution in [0.4, 0.5) is 5.69 Å². The Kier molecular flexibility index (Phi) is 5.91. The highest BCUT2D eigenvalue weighted by Crippen LogP contribution is 2.36. The summed E-state index contributed by atoms with van der Waals surface area (Å²) in [5.41, 5.74) is 5.30. The van der Waals surface area contributed by atoms with Gasteiger partial charge in [0, 0.05) is 21.3 Å². The van der Waals surface area contributed by atoms with Crippen molar-refractivity contribution >= 4 is 56.7 Å². The van der Waals surface area contributed by atoms with Crippen LogP contribution in [0.5, 0.6) is 11.5 Å². The van der Waals surface area contributed by atoms with Crippen molar-refractivity contribution in [3.8, 4) is 11.5 Å². The lowest BCUT2D eigenvalue weighted by atomic mass is 10.2. The highest BCUT2D eigenvalue weighted by atomic mass is 35.5. The Balaban J connectivity index is 1.21. The van der Waals surface area contributed by atoms with E-state index >= 15 is 0 Å². The maximum absolute atomic E-state index is 12.8. The smallest absolute Gasteiger partial charge is 0.271 e. The van der Waals surface area contributed by atoms with E-state index in [0.29, 0.717) is 32.6 Å². The van der Waals surface area contributed by atoms with Crippen LogP contribution >= 0.6 is 22.9 Å². The maximum Gasteiger partial charge on any atom is 0.271 e. The molecular formula is C25H18ClN3O4S. The Labute approximate surface area is 204 Å². The second kappa shape index (κ2) is 9.17. The summed E-state index contributed by atoms with van der Waals surface area (Å²) < 4.78 is 11.6. The normalized spacial score (nSPS) is 12.3. The summed E-state index contributed by atoms with van der Waals surface area (Å²) in [4.78, 5) is 25.6. The molecule has 0 unspecified atom stereocenters. The first-order valence-electron chi connectivity index (χ1n) is 10.3. The molecule has 2 heterocycles. The van der Waals surface area contributed by atoms with Crippen molar-refractivity contribution in [2.24, 2.45) is 5.10 Å². The van der Waals surface area contributed by atoms with Crippen molar-refractivity contribution in [2.75, 3.05) is 12.1 Å². The molecule has 0 fully saturated rings. The number of aryl methyl sites for hydroxylation is 1. The van der Waals surface area contributed by atoms with Crippen molar-refractivity contribution in [1.82, 2.24) is 5.43 Å². The zero-order valence-corrected chi connectivity index (χ0v) is 19.5. The van der Waals surface area contributed by atoms with Crippen LogP contribution in [-0.4, -0.2) is 24.8 Å². The topological polar surface area (TPSA) is 89.0 Å². The summed E-state index contributed by atoms with van der Waals surface area (Å²) in [6.45, 7) is 2.19. The van der Waals surface area contributed by atoms with E-state index in [4.69, 9.17) is 21.1 Å². The first-order valence-corrected chi connectivity index (χ1v) is 11.5. The van der Waals surface area contributed by atoms with Crippen LogP contribution in [0, 0.1) is 6.92 Å². The molecule has 0 radical (unpaired) electrons. The van der Waals surface area contributed by atoms with Crippen molar-refractivity contribution in [3.05, 3.63) is 87.3 Å². The van der Waals surface area contributed by atoms with E-state index in [0.717, 1.165) is 21.2 Å². The molecule has 0 atom stereocenters. The highest BCUT2D eigenvalue weighted by molar-refractivity contribution is 7.21. The number of halogens is 1. The number of hydrazone groups is 1. The van der Waals surface area contributed by atoms with E-state index in [1.807, 2.05) is 31.2 Å². The Hall–Kier alpha value is -3.88. The van der Waals surface area contributed by atoms with Gasteiger partial charge in [0.05, 0.1) is 11.2 Å². The quantitative estimate of drug-likeness (QED) is 0.280. The molecule has 5 rings (SSSR count). The number of hydrogen-bond acceptors (Lipinski definition) is 6. The third-order valence-electron chi connectivity index (χ3n) is 5.17. The number of nitrogens with zero attached hydrogens (tertiary/aromatic N) is 1. The van der Waals surface area contributed by atoms with Crippen molar-refractivity contribution in [2.45, 2.75) is 6.92 Å². The molecule has 1 aliphatic heterocycles. The number of thiophene rings is 1. The number of hydrogen-bond donors (Lipinski definition) is 2. The highest BCUT2D eigenvalue weighted by Gasteiger charge is 2.18. The fraction of sp³-hybridized carbons (Fsp3) is 0.0800. The number of ether oxygens (including phenoxy) is 2. The fourth-order valence-electron chi connectivity index (χ4n) is 3.43. The first-order chi connectivity index (χ1) is 16.5. The lowest BCUT2D eigenvalue weighted by Gasteiger charge is -2.05. The van der Waals surface area contributed by atoms with Gasteiger partial charge in [-0.25, -0.2) is 5.43 Å².